The topological polar surface area (TPSA) is 98.2 Å². The molecule has 2 aromatic carbocycles. The monoisotopic (exact) mass is 479 g/mol. The predicted octanol–water partition coefficient (Wildman–Crippen LogP) is 3.33. The molecule has 10 heteroatoms. The van der Waals surface area contributed by atoms with Crippen LogP contribution in [0.5, 0.6) is 11.5 Å². The number of ether oxygens (including phenoxy) is 3. The van der Waals surface area contributed by atoms with E-state index >= 15 is 0 Å². The molecule has 0 bridgehead atoms. The van der Waals surface area contributed by atoms with Crippen LogP contribution in [-0.4, -0.2) is 44.4 Å². The van der Waals surface area contributed by atoms with Crippen LogP contribution in [0.25, 0.3) is 0 Å². The van der Waals surface area contributed by atoms with Gasteiger partial charge in [-0.2, -0.15) is 5.10 Å². The fourth-order valence-corrected chi connectivity index (χ4v) is 3.40. The minimum absolute atomic E-state index is 0.0507. The Balaban J connectivity index is 1.55. The molecule has 8 nitrogen and oxygen atoms in total. The van der Waals surface area contributed by atoms with Crippen molar-refractivity contribution in [1.29, 1.82) is 0 Å². The standard InChI is InChI=1S/C22H23Cl2N3O5/c1-30-19-10-15(9-18(24)20(19)32-13-14-4-6-16(23)7-5-14)11-26-27-22(29)21(28)25-12-17-3-2-8-31-17/h4-7,9-11,17H,2-3,8,12-13H2,1H3,(H,25,28)(H,27,29)/b26-11-/t17-/m0/s1. The molecular weight excluding hydrogens is 457 g/mol. The van der Waals surface area contributed by atoms with Crippen LogP contribution in [0, 0.1) is 0 Å². The largest absolute Gasteiger partial charge is 0.493 e. The van der Waals surface area contributed by atoms with Crippen LogP contribution >= 0.6 is 23.2 Å². The Morgan fingerprint density at radius 2 is 2.00 bits per heavy atom. The zero-order chi connectivity index (χ0) is 22.9. The lowest BCUT2D eigenvalue weighted by Gasteiger charge is -2.13. The van der Waals surface area contributed by atoms with E-state index in [0.29, 0.717) is 40.3 Å². The van der Waals surface area contributed by atoms with Gasteiger partial charge in [0.1, 0.15) is 6.61 Å². The van der Waals surface area contributed by atoms with Gasteiger partial charge >= 0.3 is 11.8 Å². The summed E-state index contributed by atoms with van der Waals surface area (Å²) in [6, 6.07) is 10.5. The summed E-state index contributed by atoms with van der Waals surface area (Å²) >= 11 is 12.2. The molecule has 2 N–H and O–H groups in total. The molecule has 1 heterocycles. The highest BCUT2D eigenvalue weighted by atomic mass is 35.5. The predicted molar refractivity (Wildman–Crippen MR) is 122 cm³/mol. The molecule has 1 atom stereocenters. The van der Waals surface area contributed by atoms with Gasteiger partial charge < -0.3 is 19.5 Å². The summed E-state index contributed by atoms with van der Waals surface area (Å²) < 4.78 is 16.6. The lowest BCUT2D eigenvalue weighted by Crippen LogP contribution is -2.41. The molecule has 2 amide bonds. The number of hydrogen-bond donors (Lipinski definition) is 2. The highest BCUT2D eigenvalue weighted by Crippen LogP contribution is 2.36. The number of hydrazone groups is 1. The summed E-state index contributed by atoms with van der Waals surface area (Å²) in [5.74, 6) is -0.883. The molecule has 0 radical (unpaired) electrons. The zero-order valence-corrected chi connectivity index (χ0v) is 18.9. The molecule has 2 aromatic rings. The van der Waals surface area contributed by atoms with Gasteiger partial charge in [0.25, 0.3) is 0 Å². The lowest BCUT2D eigenvalue weighted by atomic mass is 10.2. The van der Waals surface area contributed by atoms with Crippen molar-refractivity contribution in [1.82, 2.24) is 10.7 Å². The third-order valence-electron chi connectivity index (χ3n) is 4.65. The summed E-state index contributed by atoms with van der Waals surface area (Å²) in [6.07, 6.45) is 3.11. The second-order valence-corrected chi connectivity index (χ2v) is 7.84. The molecule has 1 aliphatic heterocycles. The minimum atomic E-state index is -0.875. The van der Waals surface area contributed by atoms with Crippen LogP contribution in [0.3, 0.4) is 0 Å². The molecular formula is C22H23Cl2N3O5. The third kappa shape index (κ3) is 6.85. The molecule has 1 saturated heterocycles. The molecule has 0 aliphatic carbocycles. The van der Waals surface area contributed by atoms with Gasteiger partial charge in [0.05, 0.1) is 24.5 Å². The second-order valence-electron chi connectivity index (χ2n) is 6.99. The van der Waals surface area contributed by atoms with E-state index < -0.39 is 11.8 Å². The number of carbonyl (C=O) groups excluding carboxylic acids is 2. The van der Waals surface area contributed by atoms with E-state index in [0.717, 1.165) is 18.4 Å². The van der Waals surface area contributed by atoms with Crippen LogP contribution in [0.15, 0.2) is 41.5 Å². The van der Waals surface area contributed by atoms with Gasteiger partial charge in [-0.15, -0.1) is 0 Å². The number of methoxy groups -OCH3 is 1. The van der Waals surface area contributed by atoms with Crippen LogP contribution in [0.4, 0.5) is 0 Å². The number of amides is 2. The van der Waals surface area contributed by atoms with E-state index in [4.69, 9.17) is 37.4 Å². The maximum atomic E-state index is 11.9. The number of benzene rings is 2. The molecule has 170 valence electrons. The molecule has 32 heavy (non-hydrogen) atoms. The highest BCUT2D eigenvalue weighted by molar-refractivity contribution is 6.35. The van der Waals surface area contributed by atoms with Gasteiger partial charge in [0.15, 0.2) is 11.5 Å². The van der Waals surface area contributed by atoms with Gasteiger partial charge in [0.2, 0.25) is 0 Å². The maximum Gasteiger partial charge on any atom is 0.329 e. The molecule has 0 aromatic heterocycles. The van der Waals surface area contributed by atoms with Gasteiger partial charge in [0, 0.05) is 18.2 Å². The van der Waals surface area contributed by atoms with Crippen molar-refractivity contribution in [2.45, 2.75) is 25.6 Å². The van der Waals surface area contributed by atoms with E-state index in [9.17, 15) is 9.59 Å². The van der Waals surface area contributed by atoms with Gasteiger partial charge in [-0.1, -0.05) is 35.3 Å². The second kappa shape index (κ2) is 11.7. The van der Waals surface area contributed by atoms with E-state index in [1.165, 1.54) is 13.3 Å². The Morgan fingerprint density at radius 1 is 1.22 bits per heavy atom. The van der Waals surface area contributed by atoms with Crippen molar-refractivity contribution in [3.05, 3.63) is 57.6 Å². The maximum absolute atomic E-state index is 11.9. The summed E-state index contributed by atoms with van der Waals surface area (Å²) in [7, 11) is 1.49. The minimum Gasteiger partial charge on any atom is -0.493 e. The van der Waals surface area contributed by atoms with Crippen molar-refractivity contribution >= 4 is 41.2 Å². The Hall–Kier alpha value is -2.81. The lowest BCUT2D eigenvalue weighted by molar-refractivity contribution is -0.139. The average molecular weight is 480 g/mol. The van der Waals surface area contributed by atoms with Crippen molar-refractivity contribution in [2.24, 2.45) is 5.10 Å². The quantitative estimate of drug-likeness (QED) is 0.343. The van der Waals surface area contributed by atoms with Crippen molar-refractivity contribution in [2.75, 3.05) is 20.3 Å². The molecule has 1 fully saturated rings. The van der Waals surface area contributed by atoms with Crippen molar-refractivity contribution in [3.63, 3.8) is 0 Å². The average Bonchev–Trinajstić information content (AvgIpc) is 3.31. The Labute approximate surface area is 195 Å². The highest BCUT2D eigenvalue weighted by Gasteiger charge is 2.19. The third-order valence-corrected chi connectivity index (χ3v) is 5.18. The number of hydrogen-bond acceptors (Lipinski definition) is 6. The Morgan fingerprint density at radius 3 is 2.69 bits per heavy atom. The summed E-state index contributed by atoms with van der Waals surface area (Å²) in [5, 5.41) is 7.28. The van der Waals surface area contributed by atoms with Crippen molar-refractivity contribution in [3.8, 4) is 11.5 Å². The number of nitrogens with zero attached hydrogens (tertiary/aromatic N) is 1. The van der Waals surface area contributed by atoms with Crippen LogP contribution in [-0.2, 0) is 20.9 Å². The number of carbonyl (C=O) groups is 2. The normalized spacial score (nSPS) is 15.5. The summed E-state index contributed by atoms with van der Waals surface area (Å²) in [6.45, 7) is 1.24. The number of nitrogens with one attached hydrogen (secondary N) is 2. The van der Waals surface area contributed by atoms with Crippen LogP contribution < -0.4 is 20.2 Å². The molecule has 0 spiro atoms. The summed E-state index contributed by atoms with van der Waals surface area (Å²) in [4.78, 5) is 23.7. The van der Waals surface area contributed by atoms with E-state index in [1.54, 1.807) is 24.3 Å². The first-order chi connectivity index (χ1) is 15.5. The first kappa shape index (κ1) is 23.8. The van der Waals surface area contributed by atoms with Crippen LogP contribution in [0.1, 0.15) is 24.0 Å². The smallest absolute Gasteiger partial charge is 0.329 e. The number of rotatable bonds is 8. The van der Waals surface area contributed by atoms with Crippen LogP contribution in [0.2, 0.25) is 10.0 Å². The fraction of sp³-hybridized carbons (Fsp3) is 0.318. The van der Waals surface area contributed by atoms with E-state index in [1.807, 2.05) is 12.1 Å². The van der Waals surface area contributed by atoms with Gasteiger partial charge in [-0.25, -0.2) is 5.43 Å². The Bertz CT molecular complexity index is 976. The number of halogens is 2. The molecule has 1 aliphatic rings. The SMILES string of the molecule is COc1cc(/C=N\NC(=O)C(=O)NC[C@@H]2CCCO2)cc(Cl)c1OCc1ccc(Cl)cc1. The molecule has 3 rings (SSSR count). The Kier molecular flexibility index (Phi) is 8.72. The van der Waals surface area contributed by atoms with Gasteiger partial charge in [-0.3, -0.25) is 9.59 Å². The fourth-order valence-electron chi connectivity index (χ4n) is 3.00. The summed E-state index contributed by atoms with van der Waals surface area (Å²) in [5.41, 5.74) is 3.64. The molecule has 0 unspecified atom stereocenters. The van der Waals surface area contributed by atoms with Gasteiger partial charge in [-0.05, 0) is 48.2 Å². The zero-order valence-electron chi connectivity index (χ0n) is 17.4. The first-order valence-corrected chi connectivity index (χ1v) is 10.7. The van der Waals surface area contributed by atoms with E-state index in [2.05, 4.69) is 15.8 Å². The van der Waals surface area contributed by atoms with Crippen molar-refractivity contribution < 1.29 is 23.8 Å². The molecule has 0 saturated carbocycles. The van der Waals surface area contributed by atoms with E-state index in [-0.39, 0.29) is 12.7 Å². The first-order valence-electron chi connectivity index (χ1n) is 9.94.